The molecule has 1 atom stereocenters. The molecule has 2 aliphatic rings. The van der Waals surface area contributed by atoms with Gasteiger partial charge in [-0.1, -0.05) is 0 Å². The number of thioether (sulfide) groups is 1. The van der Waals surface area contributed by atoms with Crippen molar-refractivity contribution >= 4 is 23.8 Å². The first kappa shape index (κ1) is 11.6. The molecule has 0 bridgehead atoms. The molecule has 2 amide bonds. The lowest BCUT2D eigenvalue weighted by Crippen LogP contribution is -2.51. The Morgan fingerprint density at radius 3 is 2.44 bits per heavy atom. The van der Waals surface area contributed by atoms with Crippen LogP contribution >= 0.6 is 11.8 Å². The lowest BCUT2D eigenvalue weighted by atomic mass is 10.2. The summed E-state index contributed by atoms with van der Waals surface area (Å²) in [5, 5.41) is 11.6. The fraction of sp³-hybridized carbons (Fsp3) is 0.800. The highest BCUT2D eigenvalue weighted by atomic mass is 32.2. The van der Waals surface area contributed by atoms with Crippen LogP contribution in [0.2, 0.25) is 0 Å². The maximum Gasteiger partial charge on any atom is 0.326 e. The molecule has 90 valence electrons. The Balaban J connectivity index is 1.86. The number of carboxylic acids is 1. The third kappa shape index (κ3) is 2.81. The SMILES string of the molecule is O=C(O)C(NC(=O)N1CCSCC1)C1CC1. The summed E-state index contributed by atoms with van der Waals surface area (Å²) in [5.41, 5.74) is 0. The van der Waals surface area contributed by atoms with E-state index >= 15 is 0 Å². The van der Waals surface area contributed by atoms with E-state index in [1.807, 2.05) is 11.8 Å². The van der Waals surface area contributed by atoms with Crippen LogP contribution in [0.5, 0.6) is 0 Å². The van der Waals surface area contributed by atoms with Crippen molar-refractivity contribution in [3.05, 3.63) is 0 Å². The highest BCUT2D eigenvalue weighted by molar-refractivity contribution is 7.99. The molecule has 0 aromatic rings. The molecule has 0 radical (unpaired) electrons. The van der Waals surface area contributed by atoms with E-state index in [-0.39, 0.29) is 11.9 Å². The Morgan fingerprint density at radius 2 is 1.94 bits per heavy atom. The summed E-state index contributed by atoms with van der Waals surface area (Å²) in [6, 6.07) is -0.915. The van der Waals surface area contributed by atoms with Crippen molar-refractivity contribution in [1.82, 2.24) is 10.2 Å². The molecule has 0 spiro atoms. The summed E-state index contributed by atoms with van der Waals surface area (Å²) in [7, 11) is 0. The van der Waals surface area contributed by atoms with Gasteiger partial charge < -0.3 is 15.3 Å². The fourth-order valence-corrected chi connectivity index (χ4v) is 2.70. The molecule has 6 heteroatoms. The molecule has 0 aromatic carbocycles. The number of hydrogen-bond acceptors (Lipinski definition) is 3. The van der Waals surface area contributed by atoms with Crippen LogP contribution < -0.4 is 5.32 Å². The molecule has 1 aliphatic carbocycles. The average Bonchev–Trinajstić information content (AvgIpc) is 3.10. The van der Waals surface area contributed by atoms with Crippen molar-refractivity contribution in [1.29, 1.82) is 0 Å². The molecular weight excluding hydrogens is 228 g/mol. The molecule has 1 heterocycles. The monoisotopic (exact) mass is 244 g/mol. The first-order valence-electron chi connectivity index (χ1n) is 5.54. The van der Waals surface area contributed by atoms with E-state index in [9.17, 15) is 9.59 Å². The molecule has 1 aliphatic heterocycles. The maximum atomic E-state index is 11.8. The number of hydrogen-bond donors (Lipinski definition) is 2. The second kappa shape index (κ2) is 4.95. The number of carboxylic acid groups (broad SMARTS) is 1. The minimum Gasteiger partial charge on any atom is -0.480 e. The zero-order valence-corrected chi connectivity index (χ0v) is 9.83. The number of carbonyl (C=O) groups is 2. The third-order valence-corrected chi connectivity index (χ3v) is 3.88. The number of urea groups is 1. The quantitative estimate of drug-likeness (QED) is 0.763. The van der Waals surface area contributed by atoms with Crippen molar-refractivity contribution in [2.45, 2.75) is 18.9 Å². The lowest BCUT2D eigenvalue weighted by molar-refractivity contribution is -0.139. The summed E-state index contributed by atoms with van der Waals surface area (Å²) in [5.74, 6) is 1.10. The third-order valence-electron chi connectivity index (χ3n) is 2.94. The molecule has 1 saturated carbocycles. The Labute approximate surface area is 98.6 Å². The Morgan fingerprint density at radius 1 is 1.31 bits per heavy atom. The van der Waals surface area contributed by atoms with Crippen LogP contribution in [-0.4, -0.2) is 52.6 Å². The molecule has 2 rings (SSSR count). The van der Waals surface area contributed by atoms with Gasteiger partial charge in [0, 0.05) is 24.6 Å². The van der Waals surface area contributed by atoms with Crippen LogP contribution in [0.1, 0.15) is 12.8 Å². The summed E-state index contributed by atoms with van der Waals surface area (Å²) in [4.78, 5) is 24.5. The molecule has 2 N–H and O–H groups in total. The van der Waals surface area contributed by atoms with Gasteiger partial charge in [-0.3, -0.25) is 0 Å². The predicted molar refractivity (Wildman–Crippen MR) is 61.6 cm³/mol. The summed E-state index contributed by atoms with van der Waals surface area (Å²) >= 11 is 1.82. The van der Waals surface area contributed by atoms with E-state index in [4.69, 9.17) is 5.11 Å². The minimum atomic E-state index is -0.915. The van der Waals surface area contributed by atoms with Gasteiger partial charge in [-0.05, 0) is 18.8 Å². The smallest absolute Gasteiger partial charge is 0.326 e. The Hall–Kier alpha value is -0.910. The van der Waals surface area contributed by atoms with Gasteiger partial charge in [-0.25, -0.2) is 9.59 Å². The summed E-state index contributed by atoms with van der Waals surface area (Å²) < 4.78 is 0. The van der Waals surface area contributed by atoms with Crippen molar-refractivity contribution in [2.24, 2.45) is 5.92 Å². The average molecular weight is 244 g/mol. The zero-order chi connectivity index (χ0) is 11.5. The molecular formula is C10H16N2O3S. The predicted octanol–water partition coefficient (Wildman–Crippen LogP) is 0.608. The first-order valence-corrected chi connectivity index (χ1v) is 6.70. The second-order valence-corrected chi connectivity index (χ2v) is 5.43. The minimum absolute atomic E-state index is 0.139. The van der Waals surface area contributed by atoms with Crippen LogP contribution in [0, 0.1) is 5.92 Å². The van der Waals surface area contributed by atoms with Crippen LogP contribution in [0.3, 0.4) is 0 Å². The van der Waals surface area contributed by atoms with Gasteiger partial charge in [0.25, 0.3) is 0 Å². The van der Waals surface area contributed by atoms with Crippen LogP contribution in [0.15, 0.2) is 0 Å². The number of amides is 2. The van der Waals surface area contributed by atoms with E-state index in [1.54, 1.807) is 4.90 Å². The van der Waals surface area contributed by atoms with Crippen LogP contribution in [-0.2, 0) is 4.79 Å². The van der Waals surface area contributed by atoms with Gasteiger partial charge in [0.1, 0.15) is 6.04 Å². The maximum absolute atomic E-state index is 11.8. The van der Waals surface area contributed by atoms with Crippen molar-refractivity contribution in [3.8, 4) is 0 Å². The van der Waals surface area contributed by atoms with E-state index in [0.29, 0.717) is 13.1 Å². The van der Waals surface area contributed by atoms with Gasteiger partial charge in [0.15, 0.2) is 0 Å². The van der Waals surface area contributed by atoms with Gasteiger partial charge in [0.05, 0.1) is 0 Å². The highest BCUT2D eigenvalue weighted by Gasteiger charge is 2.38. The number of nitrogens with zero attached hydrogens (tertiary/aromatic N) is 1. The molecule has 5 nitrogen and oxygen atoms in total. The van der Waals surface area contributed by atoms with E-state index in [2.05, 4.69) is 5.32 Å². The Kier molecular flexibility index (Phi) is 3.58. The number of nitrogens with one attached hydrogen (secondary N) is 1. The molecule has 16 heavy (non-hydrogen) atoms. The largest absolute Gasteiger partial charge is 0.480 e. The zero-order valence-electron chi connectivity index (χ0n) is 9.02. The molecule has 0 aromatic heterocycles. The Bertz CT molecular complexity index is 288. The fourth-order valence-electron chi connectivity index (χ4n) is 1.80. The van der Waals surface area contributed by atoms with Crippen molar-refractivity contribution in [2.75, 3.05) is 24.6 Å². The van der Waals surface area contributed by atoms with Gasteiger partial charge in [-0.15, -0.1) is 0 Å². The first-order chi connectivity index (χ1) is 7.68. The van der Waals surface area contributed by atoms with E-state index in [1.165, 1.54) is 0 Å². The highest BCUT2D eigenvalue weighted by Crippen LogP contribution is 2.32. The summed E-state index contributed by atoms with van der Waals surface area (Å²) in [6.07, 6.45) is 1.82. The second-order valence-electron chi connectivity index (χ2n) is 4.20. The van der Waals surface area contributed by atoms with Gasteiger partial charge in [0.2, 0.25) is 0 Å². The standard InChI is InChI=1S/C10H16N2O3S/c13-9(14)8(7-1-2-7)11-10(15)12-3-5-16-6-4-12/h7-8H,1-6H2,(H,11,15)(H,13,14). The summed E-state index contributed by atoms with van der Waals surface area (Å²) in [6.45, 7) is 1.43. The van der Waals surface area contributed by atoms with Crippen LogP contribution in [0.4, 0.5) is 4.79 Å². The number of aliphatic carboxylic acids is 1. The van der Waals surface area contributed by atoms with Gasteiger partial charge in [-0.2, -0.15) is 11.8 Å². The van der Waals surface area contributed by atoms with E-state index < -0.39 is 12.0 Å². The topological polar surface area (TPSA) is 69.6 Å². The number of rotatable bonds is 3. The van der Waals surface area contributed by atoms with Crippen molar-refractivity contribution < 1.29 is 14.7 Å². The van der Waals surface area contributed by atoms with Crippen molar-refractivity contribution in [3.63, 3.8) is 0 Å². The molecule has 1 saturated heterocycles. The molecule has 1 unspecified atom stereocenters. The van der Waals surface area contributed by atoms with Crippen LogP contribution in [0.25, 0.3) is 0 Å². The van der Waals surface area contributed by atoms with E-state index in [0.717, 1.165) is 24.3 Å². The normalized spacial score (nSPS) is 22.6. The lowest BCUT2D eigenvalue weighted by Gasteiger charge is -2.28. The van der Waals surface area contributed by atoms with Gasteiger partial charge >= 0.3 is 12.0 Å². The molecule has 2 fully saturated rings. The number of carbonyl (C=O) groups excluding carboxylic acids is 1.